The predicted molar refractivity (Wildman–Crippen MR) is 78.7 cm³/mol. The van der Waals surface area contributed by atoms with Crippen molar-refractivity contribution >= 4 is 17.2 Å². The Hall–Kier alpha value is -0.870. The Balaban J connectivity index is 2.11. The van der Waals surface area contributed by atoms with Crippen molar-refractivity contribution in [1.82, 2.24) is 5.32 Å². The maximum absolute atomic E-state index is 12.3. The summed E-state index contributed by atoms with van der Waals surface area (Å²) >= 11 is 1.53. The molecule has 106 valence electrons. The lowest BCUT2D eigenvalue weighted by molar-refractivity contribution is 0.0700. The summed E-state index contributed by atoms with van der Waals surface area (Å²) in [4.78, 5) is 14.3. The van der Waals surface area contributed by atoms with Crippen molar-refractivity contribution < 1.29 is 9.90 Å². The number of aryl methyl sites for hydroxylation is 2. The molecule has 0 saturated heterocycles. The zero-order valence-electron chi connectivity index (χ0n) is 12.0. The number of hydrogen-bond donors (Lipinski definition) is 2. The average molecular weight is 281 g/mol. The Morgan fingerprint density at radius 2 is 2.32 bits per heavy atom. The highest BCUT2D eigenvalue weighted by Gasteiger charge is 2.36. The molecule has 2 atom stereocenters. The van der Waals surface area contributed by atoms with Crippen molar-refractivity contribution in [3.8, 4) is 0 Å². The van der Waals surface area contributed by atoms with Crippen LogP contribution in [0.15, 0.2) is 6.07 Å². The number of amides is 1. The molecule has 0 radical (unpaired) electrons. The van der Waals surface area contributed by atoms with E-state index in [2.05, 4.69) is 12.2 Å². The van der Waals surface area contributed by atoms with Gasteiger partial charge in [-0.1, -0.05) is 19.8 Å². The highest BCUT2D eigenvalue weighted by molar-refractivity contribution is 7.14. The zero-order chi connectivity index (χ0) is 14.0. The van der Waals surface area contributed by atoms with Gasteiger partial charge in [0, 0.05) is 4.88 Å². The molecule has 1 amide bonds. The monoisotopic (exact) mass is 281 g/mol. The third-order valence-corrected chi connectivity index (χ3v) is 5.31. The van der Waals surface area contributed by atoms with E-state index >= 15 is 0 Å². The van der Waals surface area contributed by atoms with Gasteiger partial charge in [0.05, 0.1) is 17.0 Å². The third kappa shape index (κ3) is 3.18. The first-order chi connectivity index (χ1) is 8.96. The van der Waals surface area contributed by atoms with Gasteiger partial charge in [-0.25, -0.2) is 0 Å². The van der Waals surface area contributed by atoms with E-state index < -0.39 is 5.54 Å². The van der Waals surface area contributed by atoms with Crippen molar-refractivity contribution in [3.63, 3.8) is 0 Å². The normalized spacial score (nSPS) is 27.3. The van der Waals surface area contributed by atoms with E-state index in [0.29, 0.717) is 5.92 Å². The van der Waals surface area contributed by atoms with Gasteiger partial charge in [-0.15, -0.1) is 11.3 Å². The fraction of sp³-hybridized carbons (Fsp3) is 0.667. The van der Waals surface area contributed by atoms with Gasteiger partial charge in [-0.05, 0) is 44.2 Å². The molecule has 19 heavy (non-hydrogen) atoms. The summed E-state index contributed by atoms with van der Waals surface area (Å²) in [6.07, 6.45) is 4.01. The van der Waals surface area contributed by atoms with Gasteiger partial charge in [0.2, 0.25) is 0 Å². The lowest BCUT2D eigenvalue weighted by Gasteiger charge is -2.39. The van der Waals surface area contributed by atoms with E-state index in [-0.39, 0.29) is 12.5 Å². The molecule has 0 aromatic carbocycles. The van der Waals surface area contributed by atoms with Gasteiger partial charge in [0.15, 0.2) is 0 Å². The molecule has 2 rings (SSSR count). The van der Waals surface area contributed by atoms with Crippen LogP contribution in [0.2, 0.25) is 0 Å². The molecule has 1 aliphatic rings. The molecule has 1 saturated carbocycles. The lowest BCUT2D eigenvalue weighted by atomic mass is 9.77. The van der Waals surface area contributed by atoms with E-state index in [9.17, 15) is 9.90 Å². The first-order valence-corrected chi connectivity index (χ1v) is 7.78. The van der Waals surface area contributed by atoms with Gasteiger partial charge in [0.25, 0.3) is 5.91 Å². The van der Waals surface area contributed by atoms with Crippen LogP contribution in [-0.2, 0) is 0 Å². The average Bonchev–Trinajstić information content (AvgIpc) is 2.70. The first kappa shape index (κ1) is 14.5. The maximum Gasteiger partial charge on any atom is 0.261 e. The van der Waals surface area contributed by atoms with E-state index in [0.717, 1.165) is 29.7 Å². The number of aliphatic hydroxyl groups is 1. The Morgan fingerprint density at radius 3 is 2.84 bits per heavy atom. The van der Waals surface area contributed by atoms with E-state index in [1.165, 1.54) is 22.6 Å². The molecule has 1 aliphatic carbocycles. The second-order valence-electron chi connectivity index (χ2n) is 5.94. The summed E-state index contributed by atoms with van der Waals surface area (Å²) in [6.45, 7) is 6.27. The SMILES string of the molecule is Cc1cc(C(=O)NC2(CO)CCCC(C)C2)sc1C. The predicted octanol–water partition coefficient (Wildman–Crippen LogP) is 3.04. The molecule has 2 unspecified atom stereocenters. The smallest absolute Gasteiger partial charge is 0.261 e. The summed E-state index contributed by atoms with van der Waals surface area (Å²) in [5, 5.41) is 12.8. The van der Waals surface area contributed by atoms with Gasteiger partial charge in [0.1, 0.15) is 0 Å². The molecule has 1 aromatic heterocycles. The van der Waals surface area contributed by atoms with Gasteiger partial charge in [-0.2, -0.15) is 0 Å². The van der Waals surface area contributed by atoms with Crippen molar-refractivity contribution in [2.75, 3.05) is 6.61 Å². The number of carbonyl (C=O) groups excluding carboxylic acids is 1. The molecule has 1 fully saturated rings. The Morgan fingerprint density at radius 1 is 1.58 bits per heavy atom. The molecule has 0 bridgehead atoms. The van der Waals surface area contributed by atoms with Crippen LogP contribution < -0.4 is 5.32 Å². The topological polar surface area (TPSA) is 49.3 Å². The van der Waals surface area contributed by atoms with E-state index in [1.54, 1.807) is 0 Å². The molecular weight excluding hydrogens is 258 g/mol. The summed E-state index contributed by atoms with van der Waals surface area (Å²) < 4.78 is 0. The minimum absolute atomic E-state index is 0.0341. The summed E-state index contributed by atoms with van der Waals surface area (Å²) in [7, 11) is 0. The van der Waals surface area contributed by atoms with Crippen LogP contribution in [0.1, 0.15) is 52.7 Å². The maximum atomic E-state index is 12.3. The Labute approximate surface area is 119 Å². The highest BCUT2D eigenvalue weighted by Crippen LogP contribution is 2.32. The van der Waals surface area contributed by atoms with Crippen LogP contribution in [0.3, 0.4) is 0 Å². The molecule has 0 aliphatic heterocycles. The van der Waals surface area contributed by atoms with Crippen LogP contribution in [0.4, 0.5) is 0 Å². The van der Waals surface area contributed by atoms with E-state index in [4.69, 9.17) is 0 Å². The summed E-state index contributed by atoms with van der Waals surface area (Å²) in [6, 6.07) is 1.94. The van der Waals surface area contributed by atoms with Crippen LogP contribution in [0.5, 0.6) is 0 Å². The second kappa shape index (κ2) is 5.63. The molecule has 1 heterocycles. The van der Waals surface area contributed by atoms with Gasteiger partial charge in [-0.3, -0.25) is 4.79 Å². The number of aliphatic hydroxyl groups excluding tert-OH is 1. The third-order valence-electron chi connectivity index (χ3n) is 4.16. The van der Waals surface area contributed by atoms with Crippen molar-refractivity contribution in [1.29, 1.82) is 0 Å². The Bertz CT molecular complexity index is 449. The number of hydrogen-bond acceptors (Lipinski definition) is 3. The van der Waals surface area contributed by atoms with Gasteiger partial charge >= 0.3 is 0 Å². The molecule has 0 spiro atoms. The Kier molecular flexibility index (Phi) is 4.31. The zero-order valence-corrected chi connectivity index (χ0v) is 12.8. The lowest BCUT2D eigenvalue weighted by Crippen LogP contribution is -2.53. The van der Waals surface area contributed by atoms with Gasteiger partial charge < -0.3 is 10.4 Å². The molecular formula is C15H23NO2S. The number of carbonyl (C=O) groups is 1. The van der Waals surface area contributed by atoms with Crippen molar-refractivity contribution in [3.05, 3.63) is 21.4 Å². The second-order valence-corrected chi connectivity index (χ2v) is 7.20. The standard InChI is InChI=1S/C15H23NO2S/c1-10-5-4-6-15(8-10,9-17)16-14(18)13-7-11(2)12(3)19-13/h7,10,17H,4-6,8-9H2,1-3H3,(H,16,18). The minimum atomic E-state index is -0.416. The quantitative estimate of drug-likeness (QED) is 0.894. The van der Waals surface area contributed by atoms with Crippen molar-refractivity contribution in [2.45, 2.75) is 52.0 Å². The summed E-state index contributed by atoms with van der Waals surface area (Å²) in [5.74, 6) is 0.525. The first-order valence-electron chi connectivity index (χ1n) is 6.96. The van der Waals surface area contributed by atoms with Crippen LogP contribution in [-0.4, -0.2) is 23.2 Å². The number of nitrogens with one attached hydrogen (secondary N) is 1. The van der Waals surface area contributed by atoms with E-state index in [1.807, 2.05) is 19.9 Å². The molecule has 3 nitrogen and oxygen atoms in total. The largest absolute Gasteiger partial charge is 0.394 e. The van der Waals surface area contributed by atoms with Crippen LogP contribution in [0, 0.1) is 19.8 Å². The van der Waals surface area contributed by atoms with Crippen LogP contribution in [0.25, 0.3) is 0 Å². The highest BCUT2D eigenvalue weighted by atomic mass is 32.1. The van der Waals surface area contributed by atoms with Crippen LogP contribution >= 0.6 is 11.3 Å². The van der Waals surface area contributed by atoms with Crippen molar-refractivity contribution in [2.24, 2.45) is 5.92 Å². The molecule has 2 N–H and O–H groups in total. The minimum Gasteiger partial charge on any atom is -0.394 e. The fourth-order valence-electron chi connectivity index (χ4n) is 2.94. The number of rotatable bonds is 3. The molecule has 1 aromatic rings. The number of thiophene rings is 1. The summed E-state index contributed by atoms with van der Waals surface area (Å²) in [5.41, 5.74) is 0.741. The fourth-order valence-corrected chi connectivity index (χ4v) is 3.87. The molecule has 4 heteroatoms.